The third-order valence-corrected chi connectivity index (χ3v) is 5.78. The summed E-state index contributed by atoms with van der Waals surface area (Å²) in [6.45, 7) is 2.38. The monoisotopic (exact) mass is 459 g/mol. The van der Waals surface area contributed by atoms with Crippen molar-refractivity contribution in [2.24, 2.45) is 0 Å². The van der Waals surface area contributed by atoms with Crippen molar-refractivity contribution >= 4 is 35.0 Å². The van der Waals surface area contributed by atoms with Crippen LogP contribution in [0.4, 0.5) is 4.79 Å². The Morgan fingerprint density at radius 1 is 0.909 bits per heavy atom. The van der Waals surface area contributed by atoms with Gasteiger partial charge < -0.3 is 9.47 Å². The zero-order chi connectivity index (χ0) is 23.2. The Morgan fingerprint density at radius 3 is 2.27 bits per heavy atom. The molecule has 3 aromatic rings. The van der Waals surface area contributed by atoms with Crippen LogP contribution < -0.4 is 9.47 Å². The number of carbonyl (C=O) groups is 3. The Morgan fingerprint density at radius 2 is 1.58 bits per heavy atom. The molecule has 0 spiro atoms. The normalized spacial score (nSPS) is 14.6. The predicted octanol–water partition coefficient (Wildman–Crippen LogP) is 5.33. The Hall–Kier alpha value is -3.84. The van der Waals surface area contributed by atoms with Crippen LogP contribution >= 0.6 is 11.8 Å². The molecule has 4 rings (SSSR count). The zero-order valence-electron chi connectivity index (χ0n) is 17.9. The van der Waals surface area contributed by atoms with Crippen LogP contribution in [0.2, 0.25) is 0 Å². The highest BCUT2D eigenvalue weighted by molar-refractivity contribution is 8.18. The van der Waals surface area contributed by atoms with Crippen molar-refractivity contribution in [1.82, 2.24) is 4.90 Å². The van der Waals surface area contributed by atoms with Crippen LogP contribution in [0.5, 0.6) is 11.5 Å². The van der Waals surface area contributed by atoms with Gasteiger partial charge in [0.25, 0.3) is 11.1 Å². The average Bonchev–Trinajstić information content (AvgIpc) is 3.09. The number of benzene rings is 3. The SMILES string of the molecule is Cc1ccc(OCCN2C(=O)S/C(=C\c3ccc(OC(=O)c4ccccc4)cc3)C2=O)cc1. The molecule has 7 heteroatoms. The molecule has 6 nitrogen and oxygen atoms in total. The molecule has 0 unspecified atom stereocenters. The number of rotatable bonds is 7. The molecule has 0 aromatic heterocycles. The smallest absolute Gasteiger partial charge is 0.343 e. The second kappa shape index (κ2) is 10.2. The number of carbonyl (C=O) groups excluding carboxylic acids is 3. The van der Waals surface area contributed by atoms with Gasteiger partial charge in [0, 0.05) is 0 Å². The summed E-state index contributed by atoms with van der Waals surface area (Å²) in [5.41, 5.74) is 2.30. The van der Waals surface area contributed by atoms with Gasteiger partial charge in [0.15, 0.2) is 0 Å². The molecule has 0 bridgehead atoms. The van der Waals surface area contributed by atoms with Gasteiger partial charge in [0.2, 0.25) is 0 Å². The number of thioether (sulfide) groups is 1. The van der Waals surface area contributed by atoms with Gasteiger partial charge in [-0.2, -0.15) is 0 Å². The molecular formula is C26H21NO5S. The van der Waals surface area contributed by atoms with Crippen molar-refractivity contribution < 1.29 is 23.9 Å². The van der Waals surface area contributed by atoms with Crippen molar-refractivity contribution in [2.45, 2.75) is 6.92 Å². The second-order valence-corrected chi connectivity index (χ2v) is 8.31. The summed E-state index contributed by atoms with van der Waals surface area (Å²) in [5.74, 6) is 0.285. The summed E-state index contributed by atoms with van der Waals surface area (Å²) in [6.07, 6.45) is 1.65. The zero-order valence-corrected chi connectivity index (χ0v) is 18.7. The van der Waals surface area contributed by atoms with Crippen molar-refractivity contribution in [2.75, 3.05) is 13.2 Å². The first-order chi connectivity index (χ1) is 16.0. The van der Waals surface area contributed by atoms with Gasteiger partial charge in [0.05, 0.1) is 17.0 Å². The van der Waals surface area contributed by atoms with Gasteiger partial charge in [-0.1, -0.05) is 48.0 Å². The van der Waals surface area contributed by atoms with Crippen LogP contribution in [0.15, 0.2) is 83.8 Å². The largest absolute Gasteiger partial charge is 0.492 e. The van der Waals surface area contributed by atoms with Crippen LogP contribution in [0, 0.1) is 6.92 Å². The number of esters is 1. The van der Waals surface area contributed by atoms with E-state index < -0.39 is 5.97 Å². The number of nitrogens with zero attached hydrogens (tertiary/aromatic N) is 1. The third-order valence-electron chi connectivity index (χ3n) is 4.88. The van der Waals surface area contributed by atoms with E-state index in [1.54, 1.807) is 54.6 Å². The molecule has 0 saturated carbocycles. The topological polar surface area (TPSA) is 72.9 Å². The fourth-order valence-electron chi connectivity index (χ4n) is 3.11. The number of hydrogen-bond donors (Lipinski definition) is 0. The molecular weight excluding hydrogens is 438 g/mol. The van der Waals surface area contributed by atoms with Gasteiger partial charge in [0.1, 0.15) is 18.1 Å². The highest BCUT2D eigenvalue weighted by Crippen LogP contribution is 2.32. The van der Waals surface area contributed by atoms with E-state index in [4.69, 9.17) is 9.47 Å². The second-order valence-electron chi connectivity index (χ2n) is 7.32. The Bertz CT molecular complexity index is 1190. The van der Waals surface area contributed by atoms with E-state index in [0.717, 1.165) is 22.9 Å². The minimum atomic E-state index is -0.447. The predicted molar refractivity (Wildman–Crippen MR) is 127 cm³/mol. The molecule has 33 heavy (non-hydrogen) atoms. The summed E-state index contributed by atoms with van der Waals surface area (Å²) in [5, 5.41) is -0.327. The Kier molecular flexibility index (Phi) is 6.90. The Labute approximate surface area is 195 Å². The lowest BCUT2D eigenvalue weighted by atomic mass is 10.2. The summed E-state index contributed by atoms with van der Waals surface area (Å²) in [7, 11) is 0. The lowest BCUT2D eigenvalue weighted by molar-refractivity contribution is -0.123. The molecule has 0 N–H and O–H groups in total. The maximum atomic E-state index is 12.7. The third kappa shape index (κ3) is 5.70. The van der Waals surface area contributed by atoms with Gasteiger partial charge in [-0.15, -0.1) is 0 Å². The Balaban J connectivity index is 1.34. The molecule has 1 aliphatic heterocycles. The maximum absolute atomic E-state index is 12.7. The standard InChI is InChI=1S/C26H21NO5S/c1-18-7-11-21(12-8-18)31-16-15-27-24(28)23(33-26(27)30)17-19-9-13-22(14-10-19)32-25(29)20-5-3-2-4-6-20/h2-14,17H,15-16H2,1H3/b23-17-. The van der Waals surface area contributed by atoms with Gasteiger partial charge in [-0.25, -0.2) is 4.79 Å². The number of hydrogen-bond acceptors (Lipinski definition) is 6. The van der Waals surface area contributed by atoms with E-state index in [1.165, 1.54) is 4.90 Å². The van der Waals surface area contributed by atoms with Crippen molar-refractivity contribution in [3.63, 3.8) is 0 Å². The summed E-state index contributed by atoms with van der Waals surface area (Å²) < 4.78 is 11.0. The van der Waals surface area contributed by atoms with E-state index in [0.29, 0.717) is 22.0 Å². The van der Waals surface area contributed by atoms with E-state index in [2.05, 4.69) is 0 Å². The van der Waals surface area contributed by atoms with Crippen LogP contribution in [0.1, 0.15) is 21.5 Å². The van der Waals surface area contributed by atoms with E-state index in [1.807, 2.05) is 37.3 Å². The molecule has 1 saturated heterocycles. The van der Waals surface area contributed by atoms with Crippen molar-refractivity contribution in [3.05, 3.63) is 100 Å². The fourth-order valence-corrected chi connectivity index (χ4v) is 3.97. The molecule has 1 fully saturated rings. The molecule has 2 amide bonds. The molecule has 0 radical (unpaired) electrons. The van der Waals surface area contributed by atoms with Crippen molar-refractivity contribution in [3.8, 4) is 11.5 Å². The molecule has 166 valence electrons. The van der Waals surface area contributed by atoms with E-state index in [9.17, 15) is 14.4 Å². The van der Waals surface area contributed by atoms with E-state index >= 15 is 0 Å². The van der Waals surface area contributed by atoms with Crippen LogP contribution in [0.3, 0.4) is 0 Å². The summed E-state index contributed by atoms with van der Waals surface area (Å²) in [6, 6.07) is 23.0. The van der Waals surface area contributed by atoms with Gasteiger partial charge in [-0.3, -0.25) is 14.5 Å². The molecule has 1 heterocycles. The molecule has 0 atom stereocenters. The quantitative estimate of drug-likeness (QED) is 0.270. The minimum Gasteiger partial charge on any atom is -0.492 e. The first-order valence-electron chi connectivity index (χ1n) is 10.3. The number of ether oxygens (including phenoxy) is 2. The van der Waals surface area contributed by atoms with Crippen LogP contribution in [0.25, 0.3) is 6.08 Å². The average molecular weight is 460 g/mol. The number of aryl methyl sites for hydroxylation is 1. The first kappa shape index (κ1) is 22.4. The highest BCUT2D eigenvalue weighted by atomic mass is 32.2. The minimum absolute atomic E-state index is 0.171. The van der Waals surface area contributed by atoms with Crippen LogP contribution in [-0.2, 0) is 4.79 Å². The summed E-state index contributed by atoms with van der Waals surface area (Å²) >= 11 is 0.895. The number of imide groups is 1. The maximum Gasteiger partial charge on any atom is 0.343 e. The summed E-state index contributed by atoms with van der Waals surface area (Å²) in [4.78, 5) is 38.6. The number of amides is 2. The lowest BCUT2D eigenvalue weighted by Gasteiger charge is -2.13. The van der Waals surface area contributed by atoms with Gasteiger partial charge >= 0.3 is 5.97 Å². The molecule has 3 aromatic carbocycles. The van der Waals surface area contributed by atoms with Crippen molar-refractivity contribution in [1.29, 1.82) is 0 Å². The highest BCUT2D eigenvalue weighted by Gasteiger charge is 2.34. The van der Waals surface area contributed by atoms with Crippen LogP contribution in [-0.4, -0.2) is 35.2 Å². The molecule has 0 aliphatic carbocycles. The lowest BCUT2D eigenvalue weighted by Crippen LogP contribution is -2.32. The molecule has 1 aliphatic rings. The fraction of sp³-hybridized carbons (Fsp3) is 0.115. The first-order valence-corrected chi connectivity index (χ1v) is 11.1. The van der Waals surface area contributed by atoms with Gasteiger partial charge in [-0.05, 0) is 66.7 Å². The van der Waals surface area contributed by atoms with E-state index in [-0.39, 0.29) is 24.3 Å².